The summed E-state index contributed by atoms with van der Waals surface area (Å²) in [6.07, 6.45) is 1.03. The highest BCUT2D eigenvalue weighted by Gasteiger charge is 2.11. The minimum atomic E-state index is -0.329. The van der Waals surface area contributed by atoms with Crippen molar-refractivity contribution in [2.24, 2.45) is 0 Å². The molecule has 0 bridgehead atoms. The molecule has 0 amide bonds. The zero-order valence-corrected chi connectivity index (χ0v) is 10.5. The first-order valence-electron chi connectivity index (χ1n) is 5.97. The van der Waals surface area contributed by atoms with E-state index in [-0.39, 0.29) is 5.82 Å². The number of nitrogens with one attached hydrogen (secondary N) is 1. The van der Waals surface area contributed by atoms with Gasteiger partial charge in [-0.3, -0.25) is 0 Å². The van der Waals surface area contributed by atoms with Crippen LogP contribution in [0.25, 0.3) is 5.69 Å². The first-order chi connectivity index (χ1) is 8.72. The van der Waals surface area contributed by atoms with Gasteiger partial charge in [0.15, 0.2) is 5.82 Å². The van der Waals surface area contributed by atoms with E-state index < -0.39 is 0 Å². The number of hydrogen-bond acceptors (Lipinski definition) is 4. The zero-order chi connectivity index (χ0) is 13.0. The van der Waals surface area contributed by atoms with Crippen molar-refractivity contribution in [1.82, 2.24) is 25.5 Å². The van der Waals surface area contributed by atoms with Crippen LogP contribution in [0, 0.1) is 12.7 Å². The third-order valence-electron chi connectivity index (χ3n) is 2.57. The molecule has 0 aliphatic heterocycles. The zero-order valence-electron chi connectivity index (χ0n) is 10.5. The molecule has 0 unspecified atom stereocenters. The Morgan fingerprint density at radius 1 is 1.39 bits per heavy atom. The molecular formula is C12H16FN5. The van der Waals surface area contributed by atoms with E-state index in [9.17, 15) is 4.39 Å². The smallest absolute Gasteiger partial charge is 0.170 e. The Morgan fingerprint density at radius 2 is 2.22 bits per heavy atom. The third-order valence-corrected chi connectivity index (χ3v) is 2.57. The standard InChI is InChI=1S/C12H16FN5/c1-3-6-14-8-12-15-16-17-18(12)11-7-9(2)4-5-10(11)13/h4-5,7,14H,3,6,8H2,1-2H3. The molecule has 2 aromatic rings. The Kier molecular flexibility index (Phi) is 3.99. The van der Waals surface area contributed by atoms with Gasteiger partial charge < -0.3 is 5.32 Å². The van der Waals surface area contributed by atoms with Gasteiger partial charge in [0, 0.05) is 0 Å². The van der Waals surface area contributed by atoms with Crippen molar-refractivity contribution >= 4 is 0 Å². The lowest BCUT2D eigenvalue weighted by Gasteiger charge is -2.07. The number of benzene rings is 1. The van der Waals surface area contributed by atoms with E-state index in [0.717, 1.165) is 18.5 Å². The number of tetrazole rings is 1. The van der Waals surface area contributed by atoms with Crippen molar-refractivity contribution in [1.29, 1.82) is 0 Å². The van der Waals surface area contributed by atoms with Crippen molar-refractivity contribution in [3.05, 3.63) is 35.4 Å². The minimum Gasteiger partial charge on any atom is -0.310 e. The fourth-order valence-electron chi connectivity index (χ4n) is 1.67. The van der Waals surface area contributed by atoms with Gasteiger partial charge >= 0.3 is 0 Å². The van der Waals surface area contributed by atoms with Gasteiger partial charge in [-0.2, -0.15) is 4.68 Å². The highest BCUT2D eigenvalue weighted by molar-refractivity contribution is 5.36. The second kappa shape index (κ2) is 5.68. The molecule has 1 aromatic carbocycles. The molecule has 0 saturated heterocycles. The maximum absolute atomic E-state index is 13.8. The van der Waals surface area contributed by atoms with Crippen molar-refractivity contribution in [3.63, 3.8) is 0 Å². The quantitative estimate of drug-likeness (QED) is 0.818. The molecule has 1 aromatic heterocycles. The maximum Gasteiger partial charge on any atom is 0.170 e. The molecule has 96 valence electrons. The topological polar surface area (TPSA) is 55.6 Å². The van der Waals surface area contributed by atoms with Gasteiger partial charge in [0.2, 0.25) is 0 Å². The Bertz CT molecular complexity index is 523. The molecule has 5 nitrogen and oxygen atoms in total. The van der Waals surface area contributed by atoms with Crippen molar-refractivity contribution in [3.8, 4) is 5.69 Å². The summed E-state index contributed by atoms with van der Waals surface area (Å²) >= 11 is 0. The summed E-state index contributed by atoms with van der Waals surface area (Å²) in [4.78, 5) is 0. The van der Waals surface area contributed by atoms with Crippen molar-refractivity contribution < 1.29 is 4.39 Å². The Morgan fingerprint density at radius 3 is 3.00 bits per heavy atom. The molecule has 0 atom stereocenters. The van der Waals surface area contributed by atoms with Gasteiger partial charge in [-0.15, -0.1) is 5.10 Å². The molecule has 0 aliphatic carbocycles. The lowest BCUT2D eigenvalue weighted by Crippen LogP contribution is -2.18. The van der Waals surface area contributed by atoms with E-state index in [2.05, 4.69) is 27.8 Å². The predicted octanol–water partition coefficient (Wildman–Crippen LogP) is 1.61. The van der Waals surface area contributed by atoms with Gasteiger partial charge in [-0.05, 0) is 48.0 Å². The molecule has 0 aliphatic rings. The molecule has 1 N–H and O–H groups in total. The van der Waals surface area contributed by atoms with E-state index in [1.807, 2.05) is 6.92 Å². The van der Waals surface area contributed by atoms with Crippen LogP contribution >= 0.6 is 0 Å². The molecule has 18 heavy (non-hydrogen) atoms. The molecule has 2 rings (SSSR count). The van der Waals surface area contributed by atoms with Crippen LogP contribution in [-0.4, -0.2) is 26.8 Å². The second-order valence-corrected chi connectivity index (χ2v) is 4.14. The van der Waals surface area contributed by atoms with E-state index in [1.54, 1.807) is 12.1 Å². The first-order valence-corrected chi connectivity index (χ1v) is 5.97. The normalized spacial score (nSPS) is 10.8. The van der Waals surface area contributed by atoms with Crippen LogP contribution in [0.4, 0.5) is 4.39 Å². The summed E-state index contributed by atoms with van der Waals surface area (Å²) in [5.74, 6) is 0.276. The molecule has 0 spiro atoms. The summed E-state index contributed by atoms with van der Waals surface area (Å²) in [5.41, 5.74) is 1.35. The van der Waals surface area contributed by atoms with Crippen LogP contribution < -0.4 is 5.32 Å². The maximum atomic E-state index is 13.8. The van der Waals surface area contributed by atoms with Gasteiger partial charge in [0.25, 0.3) is 0 Å². The fraction of sp³-hybridized carbons (Fsp3) is 0.417. The lowest BCUT2D eigenvalue weighted by atomic mass is 10.2. The summed E-state index contributed by atoms with van der Waals surface area (Å²) in [5, 5.41) is 14.6. The van der Waals surface area contributed by atoms with Gasteiger partial charge in [0.1, 0.15) is 11.5 Å². The van der Waals surface area contributed by atoms with Crippen LogP contribution in [0.1, 0.15) is 24.7 Å². The molecule has 1 heterocycles. The largest absolute Gasteiger partial charge is 0.310 e. The highest BCUT2D eigenvalue weighted by Crippen LogP contribution is 2.15. The van der Waals surface area contributed by atoms with Crippen molar-refractivity contribution in [2.75, 3.05) is 6.54 Å². The van der Waals surface area contributed by atoms with E-state index in [4.69, 9.17) is 0 Å². The monoisotopic (exact) mass is 249 g/mol. The average molecular weight is 249 g/mol. The summed E-state index contributed by atoms with van der Waals surface area (Å²) in [7, 11) is 0. The molecule has 0 fully saturated rings. The van der Waals surface area contributed by atoms with Crippen LogP contribution in [0.2, 0.25) is 0 Å². The summed E-state index contributed by atoms with van der Waals surface area (Å²) in [6.45, 7) is 5.38. The predicted molar refractivity (Wildman–Crippen MR) is 65.8 cm³/mol. The Balaban J connectivity index is 2.27. The van der Waals surface area contributed by atoms with Crippen LogP contribution in [-0.2, 0) is 6.54 Å². The number of aryl methyl sites for hydroxylation is 1. The van der Waals surface area contributed by atoms with E-state index in [1.165, 1.54) is 10.7 Å². The molecule has 0 radical (unpaired) electrons. The highest BCUT2D eigenvalue weighted by atomic mass is 19.1. The third kappa shape index (κ3) is 2.70. The van der Waals surface area contributed by atoms with E-state index >= 15 is 0 Å². The van der Waals surface area contributed by atoms with Crippen LogP contribution in [0.3, 0.4) is 0 Å². The van der Waals surface area contributed by atoms with Crippen LogP contribution in [0.15, 0.2) is 18.2 Å². The van der Waals surface area contributed by atoms with Crippen molar-refractivity contribution in [2.45, 2.75) is 26.8 Å². The number of halogens is 1. The summed E-state index contributed by atoms with van der Waals surface area (Å²) < 4.78 is 15.2. The molecule has 6 heteroatoms. The Labute approximate surface area is 105 Å². The first kappa shape index (κ1) is 12.6. The summed E-state index contributed by atoms with van der Waals surface area (Å²) in [6, 6.07) is 4.88. The number of rotatable bonds is 5. The van der Waals surface area contributed by atoms with Gasteiger partial charge in [-0.25, -0.2) is 4.39 Å². The number of nitrogens with zero attached hydrogens (tertiary/aromatic N) is 4. The average Bonchev–Trinajstić information content (AvgIpc) is 2.81. The molecule has 0 saturated carbocycles. The minimum absolute atomic E-state index is 0.329. The fourth-order valence-corrected chi connectivity index (χ4v) is 1.67. The number of aromatic nitrogens is 4. The second-order valence-electron chi connectivity index (χ2n) is 4.14. The Hall–Kier alpha value is -1.82. The van der Waals surface area contributed by atoms with Gasteiger partial charge in [0.05, 0.1) is 6.54 Å². The molecular weight excluding hydrogens is 233 g/mol. The van der Waals surface area contributed by atoms with Gasteiger partial charge in [-0.1, -0.05) is 13.0 Å². The number of hydrogen-bond donors (Lipinski definition) is 1. The lowest BCUT2D eigenvalue weighted by molar-refractivity contribution is 0.590. The SMILES string of the molecule is CCCNCc1nnnn1-c1cc(C)ccc1F. The van der Waals surface area contributed by atoms with Crippen LogP contribution in [0.5, 0.6) is 0 Å². The van der Waals surface area contributed by atoms with E-state index in [0.29, 0.717) is 18.1 Å².